The van der Waals surface area contributed by atoms with Crippen LogP contribution in [0.1, 0.15) is 34.8 Å². The molecule has 1 amide bonds. The van der Waals surface area contributed by atoms with Crippen molar-refractivity contribution < 1.29 is 28.8 Å². The third kappa shape index (κ3) is 8.43. The lowest BCUT2D eigenvalue weighted by Gasteiger charge is -2.31. The van der Waals surface area contributed by atoms with E-state index in [2.05, 4.69) is 26.8 Å². The van der Waals surface area contributed by atoms with Crippen molar-refractivity contribution in [3.63, 3.8) is 0 Å². The summed E-state index contributed by atoms with van der Waals surface area (Å²) in [7, 11) is 3.22. The Labute approximate surface area is 298 Å². The number of hydrogen-bond donors (Lipinski definition) is 3. The van der Waals surface area contributed by atoms with Crippen molar-refractivity contribution in [1.29, 1.82) is 0 Å². The van der Waals surface area contributed by atoms with Gasteiger partial charge in [-0.25, -0.2) is 10.4 Å². The monoisotopic (exact) mass is 755 g/mol. The normalized spacial score (nSPS) is 17.0. The maximum absolute atomic E-state index is 14.5. The van der Waals surface area contributed by atoms with Gasteiger partial charge in [0, 0.05) is 51.6 Å². The average molecular weight is 758 g/mol. The Balaban J connectivity index is 1.49. The van der Waals surface area contributed by atoms with Crippen molar-refractivity contribution in [1.82, 2.24) is 10.9 Å². The molecule has 0 unspecified atom stereocenters. The summed E-state index contributed by atoms with van der Waals surface area (Å²) in [6.45, 7) is 0.827. The highest BCUT2D eigenvalue weighted by molar-refractivity contribution is 9.10. The van der Waals surface area contributed by atoms with Gasteiger partial charge in [-0.05, 0) is 84.3 Å². The molecular formula is C36H36BrCl2N3O6. The quantitative estimate of drug-likeness (QED) is 0.0895. The number of ether oxygens (including phenoxy) is 4. The number of nitrogens with zero attached hydrogens (tertiary/aromatic N) is 1. The van der Waals surface area contributed by atoms with Gasteiger partial charge in [-0.3, -0.25) is 10.2 Å². The number of aliphatic hydroxyl groups excluding tert-OH is 1. The second-order valence-corrected chi connectivity index (χ2v) is 12.8. The number of amides is 1. The van der Waals surface area contributed by atoms with Crippen LogP contribution in [0, 0.1) is 0 Å². The van der Waals surface area contributed by atoms with Crippen molar-refractivity contribution in [2.45, 2.75) is 30.9 Å². The Hall–Kier alpha value is -3.80. The van der Waals surface area contributed by atoms with Crippen LogP contribution in [0.5, 0.6) is 17.2 Å². The third-order valence-corrected chi connectivity index (χ3v) is 8.96. The molecule has 0 fully saturated rings. The molecule has 9 nitrogen and oxygen atoms in total. The van der Waals surface area contributed by atoms with Crippen LogP contribution in [-0.4, -0.2) is 56.4 Å². The van der Waals surface area contributed by atoms with E-state index in [1.807, 2.05) is 54.6 Å². The minimum Gasteiger partial charge on any atom is -0.497 e. The number of hydrogen-bond acceptors (Lipinski definition) is 8. The minimum absolute atomic E-state index is 0.0456. The molecular weight excluding hydrogens is 721 g/mol. The van der Waals surface area contributed by atoms with Gasteiger partial charge in [-0.1, -0.05) is 57.3 Å². The Morgan fingerprint density at radius 2 is 1.73 bits per heavy atom. The predicted octanol–water partition coefficient (Wildman–Crippen LogP) is 6.90. The zero-order chi connectivity index (χ0) is 34.1. The number of methoxy groups -OCH3 is 2. The molecule has 0 aromatic heterocycles. The van der Waals surface area contributed by atoms with Crippen LogP contribution in [0.2, 0.25) is 10.0 Å². The minimum atomic E-state index is -1.47. The van der Waals surface area contributed by atoms with Crippen molar-refractivity contribution in [2.24, 2.45) is 4.99 Å². The Bertz CT molecular complexity index is 1740. The lowest BCUT2D eigenvalue weighted by molar-refractivity contribution is -0.130. The zero-order valence-electron chi connectivity index (χ0n) is 26.5. The van der Waals surface area contributed by atoms with E-state index >= 15 is 0 Å². The van der Waals surface area contributed by atoms with Crippen LogP contribution in [0.15, 0.2) is 94.4 Å². The number of halogens is 3. The number of aliphatic imine (C=N–C) groups is 1. The van der Waals surface area contributed by atoms with E-state index in [0.717, 1.165) is 21.3 Å². The molecule has 0 saturated heterocycles. The van der Waals surface area contributed by atoms with Crippen molar-refractivity contribution in [3.05, 3.63) is 122 Å². The highest BCUT2D eigenvalue weighted by atomic mass is 79.9. The van der Waals surface area contributed by atoms with Crippen LogP contribution in [0.4, 0.5) is 0 Å². The zero-order valence-corrected chi connectivity index (χ0v) is 29.6. The molecule has 0 aliphatic carbocycles. The summed E-state index contributed by atoms with van der Waals surface area (Å²) in [6.07, 6.45) is 0.370. The second kappa shape index (κ2) is 16.5. The van der Waals surface area contributed by atoms with Gasteiger partial charge in [0.15, 0.2) is 11.6 Å². The van der Waals surface area contributed by atoms with Crippen LogP contribution in [0.3, 0.4) is 0 Å². The highest BCUT2D eigenvalue weighted by Gasteiger charge is 2.54. The fourth-order valence-electron chi connectivity index (χ4n) is 5.41. The fourth-order valence-corrected chi connectivity index (χ4v) is 6.18. The molecule has 2 atom stereocenters. The summed E-state index contributed by atoms with van der Waals surface area (Å²) < 4.78 is 24.1. The third-order valence-electron chi connectivity index (χ3n) is 7.87. The number of carbonyl (C=O) groups is 1. The summed E-state index contributed by atoms with van der Waals surface area (Å²) in [6, 6.07) is 25.6. The van der Waals surface area contributed by atoms with E-state index in [-0.39, 0.29) is 18.9 Å². The van der Waals surface area contributed by atoms with Gasteiger partial charge in [-0.2, -0.15) is 0 Å². The molecule has 4 aromatic rings. The summed E-state index contributed by atoms with van der Waals surface area (Å²) in [4.78, 5) is 19.5. The number of hydrazine groups is 1. The molecule has 4 aromatic carbocycles. The summed E-state index contributed by atoms with van der Waals surface area (Å²) in [5, 5.41) is 9.89. The van der Waals surface area contributed by atoms with Gasteiger partial charge in [0.1, 0.15) is 17.2 Å². The number of rotatable bonds is 15. The van der Waals surface area contributed by atoms with E-state index in [1.165, 1.54) is 0 Å². The Morgan fingerprint density at radius 3 is 2.42 bits per heavy atom. The molecule has 5 rings (SSSR count). The first-order valence-electron chi connectivity index (χ1n) is 15.3. The fraction of sp³-hybridized carbons (Fsp3) is 0.278. The molecule has 0 saturated carbocycles. The summed E-state index contributed by atoms with van der Waals surface area (Å²) >= 11 is 16.5. The molecule has 12 heteroatoms. The van der Waals surface area contributed by atoms with Gasteiger partial charge in [0.2, 0.25) is 5.90 Å². The Kier molecular flexibility index (Phi) is 12.2. The Morgan fingerprint density at radius 1 is 0.979 bits per heavy atom. The maximum atomic E-state index is 14.5. The molecule has 3 N–H and O–H groups in total. The van der Waals surface area contributed by atoms with Gasteiger partial charge >= 0.3 is 0 Å². The molecule has 0 radical (unpaired) electrons. The largest absolute Gasteiger partial charge is 0.497 e. The van der Waals surface area contributed by atoms with E-state index < -0.39 is 17.6 Å². The first-order chi connectivity index (χ1) is 23.3. The number of nitrogens with one attached hydrogen (secondary N) is 2. The van der Waals surface area contributed by atoms with Crippen molar-refractivity contribution >= 4 is 50.9 Å². The lowest BCUT2D eigenvalue weighted by Crippen LogP contribution is -2.54. The predicted molar refractivity (Wildman–Crippen MR) is 190 cm³/mol. The van der Waals surface area contributed by atoms with E-state index in [9.17, 15) is 4.79 Å². The second-order valence-electron chi connectivity index (χ2n) is 11.1. The van der Waals surface area contributed by atoms with E-state index in [0.29, 0.717) is 58.7 Å². The van der Waals surface area contributed by atoms with Crippen molar-refractivity contribution in [2.75, 3.05) is 34.0 Å². The van der Waals surface area contributed by atoms with E-state index in [4.69, 9.17) is 52.2 Å². The molecule has 0 bridgehead atoms. The van der Waals surface area contributed by atoms with Gasteiger partial charge in [0.25, 0.3) is 5.91 Å². The molecule has 1 aliphatic heterocycles. The standard InChI is InChI=1S/C36H36BrCl2N3O6/c1-45-29-13-15-32(46-2)25(20-29)16-17-40-42-35(44)36(22-23-4-8-26(37)9-5-23)33(30-14-10-27(38)21-31(30)39)48-34(41-36)24-6-11-28(12-7-24)47-19-3-18-43/h4-15,20-21,33,40,43H,3,16-19,22H2,1-2H3,(H,42,44)/t33-,36-/m0/s1. The van der Waals surface area contributed by atoms with Crippen LogP contribution in [0.25, 0.3) is 0 Å². The van der Waals surface area contributed by atoms with Crippen LogP contribution >= 0.6 is 39.1 Å². The highest BCUT2D eigenvalue weighted by Crippen LogP contribution is 2.45. The molecule has 1 aliphatic rings. The number of benzene rings is 4. The lowest BCUT2D eigenvalue weighted by atomic mass is 9.82. The molecule has 252 valence electrons. The average Bonchev–Trinajstić information content (AvgIpc) is 3.47. The maximum Gasteiger partial charge on any atom is 0.266 e. The molecule has 48 heavy (non-hydrogen) atoms. The van der Waals surface area contributed by atoms with Gasteiger partial charge in [0.05, 0.1) is 20.8 Å². The smallest absolute Gasteiger partial charge is 0.266 e. The van der Waals surface area contributed by atoms with Crippen LogP contribution in [-0.2, 0) is 22.4 Å². The first-order valence-corrected chi connectivity index (χ1v) is 16.9. The summed E-state index contributed by atoms with van der Waals surface area (Å²) in [5.41, 5.74) is 7.52. The molecule has 1 heterocycles. The van der Waals surface area contributed by atoms with Gasteiger partial charge < -0.3 is 24.1 Å². The van der Waals surface area contributed by atoms with Gasteiger partial charge in [-0.15, -0.1) is 0 Å². The topological polar surface area (TPSA) is 111 Å². The van der Waals surface area contributed by atoms with Crippen molar-refractivity contribution in [3.8, 4) is 17.2 Å². The number of aliphatic hydroxyl groups is 1. The number of carbonyl (C=O) groups excluding carboxylic acids is 1. The first kappa shape index (κ1) is 35.5. The SMILES string of the molecule is COc1ccc(OC)c(CCNNC(=O)[C@@]2(Cc3ccc(Br)cc3)N=C(c3ccc(OCCCO)cc3)O[C@H]2c2ccc(Cl)cc2Cl)c1. The van der Waals surface area contributed by atoms with Crippen LogP contribution < -0.4 is 25.1 Å². The summed E-state index contributed by atoms with van der Waals surface area (Å²) in [5.74, 6) is 1.94. The van der Waals surface area contributed by atoms with E-state index in [1.54, 1.807) is 44.6 Å². The molecule has 0 spiro atoms.